The molecule has 0 saturated carbocycles. The SMILES string of the molecule is Cc1nn(C)cc1NC(=O)c1cc(Br)ccc1O. The van der Waals surface area contributed by atoms with Crippen molar-refractivity contribution in [3.63, 3.8) is 0 Å². The van der Waals surface area contributed by atoms with Crippen molar-refractivity contribution in [1.29, 1.82) is 0 Å². The van der Waals surface area contributed by atoms with Gasteiger partial charge in [-0.1, -0.05) is 15.9 Å². The first-order valence-corrected chi connectivity index (χ1v) is 6.07. The first kappa shape index (κ1) is 12.6. The number of hydrogen-bond acceptors (Lipinski definition) is 3. The van der Waals surface area contributed by atoms with Gasteiger partial charge in [0, 0.05) is 17.7 Å². The van der Waals surface area contributed by atoms with Crippen molar-refractivity contribution < 1.29 is 9.90 Å². The highest BCUT2D eigenvalue weighted by Crippen LogP contribution is 2.23. The molecule has 2 N–H and O–H groups in total. The van der Waals surface area contributed by atoms with Gasteiger partial charge in [0.1, 0.15) is 5.75 Å². The van der Waals surface area contributed by atoms with E-state index in [1.165, 1.54) is 6.07 Å². The number of carbonyl (C=O) groups is 1. The fourth-order valence-corrected chi connectivity index (χ4v) is 1.96. The van der Waals surface area contributed by atoms with Gasteiger partial charge in [0.2, 0.25) is 0 Å². The number of nitrogens with zero attached hydrogens (tertiary/aromatic N) is 2. The van der Waals surface area contributed by atoms with Crippen molar-refractivity contribution in [2.75, 3.05) is 5.32 Å². The van der Waals surface area contributed by atoms with Crippen LogP contribution < -0.4 is 5.32 Å². The summed E-state index contributed by atoms with van der Waals surface area (Å²) < 4.78 is 2.35. The van der Waals surface area contributed by atoms with E-state index < -0.39 is 0 Å². The van der Waals surface area contributed by atoms with Gasteiger partial charge >= 0.3 is 0 Å². The predicted octanol–water partition coefficient (Wildman–Crippen LogP) is 2.45. The number of nitrogens with one attached hydrogen (secondary N) is 1. The van der Waals surface area contributed by atoms with Gasteiger partial charge < -0.3 is 10.4 Å². The highest BCUT2D eigenvalue weighted by molar-refractivity contribution is 9.10. The molecule has 1 heterocycles. The lowest BCUT2D eigenvalue weighted by Crippen LogP contribution is -2.12. The van der Waals surface area contributed by atoms with Crippen molar-refractivity contribution in [2.45, 2.75) is 6.92 Å². The molecule has 18 heavy (non-hydrogen) atoms. The zero-order valence-corrected chi connectivity index (χ0v) is 11.5. The van der Waals surface area contributed by atoms with Gasteiger partial charge in [-0.15, -0.1) is 0 Å². The molecule has 0 bridgehead atoms. The first-order valence-electron chi connectivity index (χ1n) is 5.27. The summed E-state index contributed by atoms with van der Waals surface area (Å²) in [4.78, 5) is 12.0. The van der Waals surface area contributed by atoms with Gasteiger partial charge in [-0.05, 0) is 25.1 Å². The Balaban J connectivity index is 2.27. The Labute approximate surface area is 113 Å². The van der Waals surface area contributed by atoms with E-state index in [1.807, 2.05) is 0 Å². The van der Waals surface area contributed by atoms with Crippen LogP contribution in [0.5, 0.6) is 5.75 Å². The Morgan fingerprint density at radius 3 is 2.83 bits per heavy atom. The normalized spacial score (nSPS) is 10.4. The number of phenols is 1. The third kappa shape index (κ3) is 2.53. The van der Waals surface area contributed by atoms with Gasteiger partial charge in [-0.25, -0.2) is 0 Å². The zero-order valence-electron chi connectivity index (χ0n) is 9.94. The Kier molecular flexibility index (Phi) is 3.38. The molecule has 6 heteroatoms. The molecule has 2 aromatic rings. The first-order chi connectivity index (χ1) is 8.47. The number of carbonyl (C=O) groups excluding carboxylic acids is 1. The summed E-state index contributed by atoms with van der Waals surface area (Å²) in [6.07, 6.45) is 1.71. The van der Waals surface area contributed by atoms with E-state index in [0.29, 0.717) is 5.69 Å². The summed E-state index contributed by atoms with van der Waals surface area (Å²) in [5.41, 5.74) is 1.56. The molecule has 0 atom stereocenters. The van der Waals surface area contributed by atoms with E-state index in [4.69, 9.17) is 0 Å². The molecule has 94 valence electrons. The number of aryl methyl sites for hydroxylation is 2. The largest absolute Gasteiger partial charge is 0.507 e. The van der Waals surface area contributed by atoms with Crippen LogP contribution in [0.3, 0.4) is 0 Å². The van der Waals surface area contributed by atoms with Gasteiger partial charge in [-0.2, -0.15) is 5.10 Å². The van der Waals surface area contributed by atoms with E-state index in [0.717, 1.165) is 10.2 Å². The molecule has 0 aliphatic carbocycles. The number of phenolic OH excluding ortho intramolecular Hbond substituents is 1. The van der Waals surface area contributed by atoms with Gasteiger partial charge in [0.25, 0.3) is 5.91 Å². The quantitative estimate of drug-likeness (QED) is 0.895. The molecule has 0 fully saturated rings. The monoisotopic (exact) mass is 309 g/mol. The van der Waals surface area contributed by atoms with Gasteiger partial charge in [0.15, 0.2) is 0 Å². The molecule has 0 spiro atoms. The second-order valence-corrected chi connectivity index (χ2v) is 4.83. The smallest absolute Gasteiger partial charge is 0.259 e. The molecule has 1 aromatic heterocycles. The maximum absolute atomic E-state index is 12.0. The second kappa shape index (κ2) is 4.81. The van der Waals surface area contributed by atoms with E-state index in [2.05, 4.69) is 26.3 Å². The van der Waals surface area contributed by atoms with Crippen molar-refractivity contribution in [1.82, 2.24) is 9.78 Å². The Morgan fingerprint density at radius 1 is 1.50 bits per heavy atom. The molecule has 1 aromatic carbocycles. The number of aromatic nitrogens is 2. The number of hydrogen-bond donors (Lipinski definition) is 2. The minimum absolute atomic E-state index is 0.0581. The molecule has 0 unspecified atom stereocenters. The molecule has 0 radical (unpaired) electrons. The summed E-state index contributed by atoms with van der Waals surface area (Å²) in [6, 6.07) is 4.70. The molecular formula is C12H12BrN3O2. The molecule has 5 nitrogen and oxygen atoms in total. The number of aromatic hydroxyl groups is 1. The average Bonchev–Trinajstić information content (AvgIpc) is 2.61. The van der Waals surface area contributed by atoms with Crippen LogP contribution in [0.4, 0.5) is 5.69 Å². The predicted molar refractivity (Wildman–Crippen MR) is 71.7 cm³/mol. The van der Waals surface area contributed by atoms with Crippen LogP contribution in [0.1, 0.15) is 16.1 Å². The fraction of sp³-hybridized carbons (Fsp3) is 0.167. The maximum atomic E-state index is 12.0. The number of halogens is 1. The van der Waals surface area contributed by atoms with Crippen molar-refractivity contribution in [3.8, 4) is 5.75 Å². The lowest BCUT2D eigenvalue weighted by atomic mass is 10.2. The minimum atomic E-state index is -0.370. The summed E-state index contributed by atoms with van der Waals surface area (Å²) in [6.45, 7) is 1.80. The van der Waals surface area contributed by atoms with Crippen molar-refractivity contribution >= 4 is 27.5 Å². The van der Waals surface area contributed by atoms with E-state index >= 15 is 0 Å². The lowest BCUT2D eigenvalue weighted by Gasteiger charge is -2.06. The number of benzene rings is 1. The Bertz CT molecular complexity index is 607. The summed E-state index contributed by atoms with van der Waals surface area (Å²) in [5, 5.41) is 16.5. The summed E-state index contributed by atoms with van der Waals surface area (Å²) in [7, 11) is 1.78. The molecule has 0 aliphatic rings. The Hall–Kier alpha value is -1.82. The van der Waals surface area contributed by atoms with Crippen molar-refractivity contribution in [2.24, 2.45) is 7.05 Å². The molecule has 1 amide bonds. The summed E-state index contributed by atoms with van der Waals surface area (Å²) in [5.74, 6) is -0.429. The van der Waals surface area contributed by atoms with Crippen LogP contribution in [0.2, 0.25) is 0 Å². The fourth-order valence-electron chi connectivity index (χ4n) is 1.60. The third-order valence-electron chi connectivity index (χ3n) is 2.46. The van der Waals surface area contributed by atoms with Crippen LogP contribution in [0, 0.1) is 6.92 Å². The highest BCUT2D eigenvalue weighted by Gasteiger charge is 2.14. The zero-order chi connectivity index (χ0) is 13.3. The number of amides is 1. The van der Waals surface area contributed by atoms with Gasteiger partial charge in [0.05, 0.1) is 16.9 Å². The molecule has 0 saturated heterocycles. The van der Waals surface area contributed by atoms with Crippen LogP contribution in [-0.2, 0) is 7.05 Å². The maximum Gasteiger partial charge on any atom is 0.259 e. The molecular weight excluding hydrogens is 298 g/mol. The van der Waals surface area contributed by atoms with E-state index in [1.54, 1.807) is 37.0 Å². The molecule has 2 rings (SSSR count). The van der Waals surface area contributed by atoms with Crippen LogP contribution in [0.25, 0.3) is 0 Å². The van der Waals surface area contributed by atoms with Crippen LogP contribution in [-0.4, -0.2) is 20.8 Å². The van der Waals surface area contributed by atoms with E-state index in [9.17, 15) is 9.90 Å². The topological polar surface area (TPSA) is 67.2 Å². The third-order valence-corrected chi connectivity index (χ3v) is 2.96. The number of anilines is 1. The average molecular weight is 310 g/mol. The van der Waals surface area contributed by atoms with Crippen LogP contribution in [0.15, 0.2) is 28.9 Å². The highest BCUT2D eigenvalue weighted by atomic mass is 79.9. The second-order valence-electron chi connectivity index (χ2n) is 3.92. The Morgan fingerprint density at radius 2 is 2.22 bits per heavy atom. The van der Waals surface area contributed by atoms with Gasteiger partial charge in [-0.3, -0.25) is 9.48 Å². The summed E-state index contributed by atoms with van der Waals surface area (Å²) >= 11 is 3.26. The standard InChI is InChI=1S/C12H12BrN3O2/c1-7-10(6-16(2)15-7)14-12(18)9-5-8(13)3-4-11(9)17/h3-6,17H,1-2H3,(H,14,18). The van der Waals surface area contributed by atoms with Crippen molar-refractivity contribution in [3.05, 3.63) is 40.1 Å². The number of rotatable bonds is 2. The van der Waals surface area contributed by atoms with Crippen LogP contribution >= 0.6 is 15.9 Å². The minimum Gasteiger partial charge on any atom is -0.507 e. The molecule has 0 aliphatic heterocycles. The lowest BCUT2D eigenvalue weighted by molar-refractivity contribution is 0.102. The van der Waals surface area contributed by atoms with E-state index in [-0.39, 0.29) is 17.2 Å².